The average molecular weight is 433 g/mol. The van der Waals surface area contributed by atoms with Crippen LogP contribution in [0.4, 0.5) is 10.2 Å². The molecule has 4 heterocycles. The van der Waals surface area contributed by atoms with E-state index >= 15 is 0 Å². The molecular formula is C24H24FN5O2. The van der Waals surface area contributed by atoms with Crippen LogP contribution in [-0.4, -0.2) is 51.4 Å². The van der Waals surface area contributed by atoms with Crippen molar-refractivity contribution >= 4 is 28.0 Å². The lowest BCUT2D eigenvalue weighted by atomic mass is 9.90. The number of anilines is 1. The Hall–Kier alpha value is -3.26. The van der Waals surface area contributed by atoms with Gasteiger partial charge in [0.05, 0.1) is 16.7 Å². The quantitative estimate of drug-likeness (QED) is 0.501. The summed E-state index contributed by atoms with van der Waals surface area (Å²) in [6, 6.07) is 11.8. The molecule has 8 heteroatoms. The number of aromatic hydroxyl groups is 1. The molecule has 1 atom stereocenters. The molecule has 0 spiro atoms. The van der Waals surface area contributed by atoms with Crippen molar-refractivity contribution in [3.8, 4) is 17.0 Å². The van der Waals surface area contributed by atoms with E-state index in [1.165, 1.54) is 0 Å². The van der Waals surface area contributed by atoms with Gasteiger partial charge in [-0.2, -0.15) is 0 Å². The molecule has 1 saturated heterocycles. The molecule has 6 rings (SSSR count). The van der Waals surface area contributed by atoms with Gasteiger partial charge in [-0.15, -0.1) is 0 Å². The minimum absolute atomic E-state index is 0.114. The third-order valence-corrected chi connectivity index (χ3v) is 6.48. The van der Waals surface area contributed by atoms with Crippen LogP contribution in [0.2, 0.25) is 0 Å². The molecule has 1 aliphatic carbocycles. The fourth-order valence-electron chi connectivity index (χ4n) is 4.73. The number of nitrogens with one attached hydrogen (secondary N) is 1. The van der Waals surface area contributed by atoms with Gasteiger partial charge in [0.2, 0.25) is 0 Å². The van der Waals surface area contributed by atoms with Crippen molar-refractivity contribution in [2.24, 2.45) is 0 Å². The molecule has 2 aliphatic rings. The van der Waals surface area contributed by atoms with E-state index in [1.54, 1.807) is 19.1 Å². The van der Waals surface area contributed by atoms with Crippen LogP contribution >= 0.6 is 0 Å². The first kappa shape index (κ1) is 19.4. The minimum atomic E-state index is -0.631. The lowest BCUT2D eigenvalue weighted by Crippen LogP contribution is -2.48. The number of benzene rings is 1. The molecule has 0 unspecified atom stereocenters. The fourth-order valence-corrected chi connectivity index (χ4v) is 4.73. The van der Waals surface area contributed by atoms with Gasteiger partial charge >= 0.3 is 0 Å². The van der Waals surface area contributed by atoms with Gasteiger partial charge in [0.1, 0.15) is 23.3 Å². The number of aryl methyl sites for hydroxylation is 1. The van der Waals surface area contributed by atoms with Gasteiger partial charge in [0, 0.05) is 43.7 Å². The number of hydrogen-bond acceptors (Lipinski definition) is 7. The Morgan fingerprint density at radius 2 is 1.84 bits per heavy atom. The van der Waals surface area contributed by atoms with E-state index in [9.17, 15) is 9.50 Å². The summed E-state index contributed by atoms with van der Waals surface area (Å²) in [4.78, 5) is 16.1. The van der Waals surface area contributed by atoms with Crippen molar-refractivity contribution < 1.29 is 13.9 Å². The Balaban J connectivity index is 1.24. The van der Waals surface area contributed by atoms with E-state index in [1.807, 2.05) is 24.3 Å². The third-order valence-electron chi connectivity index (χ3n) is 6.48. The second-order valence-electron chi connectivity index (χ2n) is 8.84. The van der Waals surface area contributed by atoms with Crippen LogP contribution in [0.3, 0.4) is 0 Å². The van der Waals surface area contributed by atoms with Crippen LogP contribution in [-0.2, 0) is 0 Å². The SMILES string of the molecule is Cc1nc2cc(O)c(-c3ccc4nc(N5CC[C@H](N[C@H]6C[C@H](F)C6)C5)ccc4n3)cc2o1. The number of rotatable bonds is 4. The first-order chi connectivity index (χ1) is 15.5. The molecule has 1 aliphatic heterocycles. The van der Waals surface area contributed by atoms with Crippen molar-refractivity contribution in [2.75, 3.05) is 18.0 Å². The number of phenols is 1. The van der Waals surface area contributed by atoms with E-state index in [4.69, 9.17) is 14.4 Å². The van der Waals surface area contributed by atoms with Crippen LogP contribution in [0.25, 0.3) is 33.4 Å². The van der Waals surface area contributed by atoms with Crippen molar-refractivity contribution in [2.45, 2.75) is 44.4 Å². The molecular weight excluding hydrogens is 409 g/mol. The number of nitrogens with zero attached hydrogens (tertiary/aromatic N) is 4. The van der Waals surface area contributed by atoms with Crippen LogP contribution in [0.1, 0.15) is 25.2 Å². The number of aromatic nitrogens is 3. The number of pyridine rings is 2. The highest BCUT2D eigenvalue weighted by Crippen LogP contribution is 2.34. The highest BCUT2D eigenvalue weighted by Gasteiger charge is 2.33. The molecule has 3 aromatic heterocycles. The lowest BCUT2D eigenvalue weighted by Gasteiger charge is -2.33. The number of alkyl halides is 1. The highest BCUT2D eigenvalue weighted by atomic mass is 19.1. The van der Waals surface area contributed by atoms with Gasteiger partial charge in [0.25, 0.3) is 0 Å². The zero-order valence-corrected chi connectivity index (χ0v) is 17.8. The Bertz CT molecular complexity index is 1320. The van der Waals surface area contributed by atoms with Gasteiger partial charge in [-0.3, -0.25) is 0 Å². The van der Waals surface area contributed by atoms with Crippen molar-refractivity contribution in [3.05, 3.63) is 42.3 Å². The Morgan fingerprint density at radius 3 is 2.69 bits per heavy atom. The van der Waals surface area contributed by atoms with Gasteiger partial charge in [-0.25, -0.2) is 19.3 Å². The molecule has 32 heavy (non-hydrogen) atoms. The topological polar surface area (TPSA) is 87.3 Å². The molecule has 1 aromatic carbocycles. The first-order valence-corrected chi connectivity index (χ1v) is 11.1. The summed E-state index contributed by atoms with van der Waals surface area (Å²) in [6.45, 7) is 3.58. The smallest absolute Gasteiger partial charge is 0.192 e. The van der Waals surface area contributed by atoms with Crippen LogP contribution in [0.15, 0.2) is 40.8 Å². The highest BCUT2D eigenvalue weighted by molar-refractivity contribution is 5.86. The number of oxazole rings is 1. The molecule has 2 fully saturated rings. The van der Waals surface area contributed by atoms with E-state index in [0.29, 0.717) is 53.2 Å². The van der Waals surface area contributed by atoms with E-state index < -0.39 is 6.17 Å². The maximum Gasteiger partial charge on any atom is 0.192 e. The second kappa shape index (κ2) is 7.41. The number of phenolic OH excluding ortho intramolecular Hbond substituents is 1. The zero-order chi connectivity index (χ0) is 21.8. The molecule has 0 amide bonds. The Labute approximate surface area is 184 Å². The normalized spacial score (nSPS) is 23.2. The summed E-state index contributed by atoms with van der Waals surface area (Å²) >= 11 is 0. The van der Waals surface area contributed by atoms with Crippen LogP contribution in [0.5, 0.6) is 5.75 Å². The molecule has 4 aromatic rings. The predicted octanol–water partition coefficient (Wildman–Crippen LogP) is 4.12. The van der Waals surface area contributed by atoms with Crippen molar-refractivity contribution in [3.63, 3.8) is 0 Å². The molecule has 1 saturated carbocycles. The summed E-state index contributed by atoms with van der Waals surface area (Å²) in [5, 5.41) is 14.1. The Kier molecular flexibility index (Phi) is 4.50. The van der Waals surface area contributed by atoms with E-state index in [0.717, 1.165) is 36.4 Å². The average Bonchev–Trinajstić information content (AvgIpc) is 3.36. The summed E-state index contributed by atoms with van der Waals surface area (Å²) in [7, 11) is 0. The zero-order valence-electron chi connectivity index (χ0n) is 17.8. The molecule has 7 nitrogen and oxygen atoms in total. The van der Waals surface area contributed by atoms with Crippen molar-refractivity contribution in [1.82, 2.24) is 20.3 Å². The largest absolute Gasteiger partial charge is 0.507 e. The monoisotopic (exact) mass is 433 g/mol. The second-order valence-corrected chi connectivity index (χ2v) is 8.84. The maximum atomic E-state index is 13.1. The minimum Gasteiger partial charge on any atom is -0.507 e. The van der Waals surface area contributed by atoms with Gasteiger partial charge < -0.3 is 19.7 Å². The lowest BCUT2D eigenvalue weighted by molar-refractivity contribution is 0.148. The summed E-state index contributed by atoms with van der Waals surface area (Å²) in [5.74, 6) is 1.59. The van der Waals surface area contributed by atoms with Crippen LogP contribution < -0.4 is 10.2 Å². The van der Waals surface area contributed by atoms with E-state index in [2.05, 4.69) is 15.2 Å². The number of hydrogen-bond donors (Lipinski definition) is 2. The molecule has 2 N–H and O–H groups in total. The van der Waals surface area contributed by atoms with E-state index in [-0.39, 0.29) is 5.75 Å². The van der Waals surface area contributed by atoms with Crippen LogP contribution in [0, 0.1) is 6.92 Å². The number of fused-ring (bicyclic) bond motifs is 2. The molecule has 0 bridgehead atoms. The first-order valence-electron chi connectivity index (χ1n) is 11.1. The standard InChI is InChI=1S/C24H24FN5O2/c1-13-26-21-11-22(31)17(10-23(21)32-13)18-2-3-20-19(28-18)4-5-24(29-20)30-7-6-15(12-30)27-16-8-14(25)9-16/h2-5,10-11,14-16,27,31H,6-9,12H2,1H3/t14-,15-,16-/m0/s1. The summed E-state index contributed by atoms with van der Waals surface area (Å²) in [6.07, 6.45) is 1.68. The predicted molar refractivity (Wildman–Crippen MR) is 121 cm³/mol. The molecule has 164 valence electrons. The third kappa shape index (κ3) is 3.44. The summed E-state index contributed by atoms with van der Waals surface area (Å²) in [5.41, 5.74) is 4.05. The van der Waals surface area contributed by atoms with Crippen molar-refractivity contribution in [1.29, 1.82) is 0 Å². The van der Waals surface area contributed by atoms with Gasteiger partial charge in [0.15, 0.2) is 11.5 Å². The van der Waals surface area contributed by atoms with Gasteiger partial charge in [-0.1, -0.05) is 0 Å². The Morgan fingerprint density at radius 1 is 1.03 bits per heavy atom. The van der Waals surface area contributed by atoms with Gasteiger partial charge in [-0.05, 0) is 49.6 Å². The maximum absolute atomic E-state index is 13.1. The molecule has 0 radical (unpaired) electrons. The summed E-state index contributed by atoms with van der Waals surface area (Å²) < 4.78 is 18.7. The fraction of sp³-hybridized carbons (Fsp3) is 0.375. The number of halogens is 1.